The summed E-state index contributed by atoms with van der Waals surface area (Å²) in [4.78, 5) is 0. The summed E-state index contributed by atoms with van der Waals surface area (Å²) in [5.74, 6) is 0.658. The standard InChI is InChI=1S/C14H29N3O2S/c1-3-7-15-11-14-6-4-5-8-17(14)20(18,19)16-13-9-12(2)10-13/h12-16H,3-11H2,1-2H3. The molecular weight excluding hydrogens is 274 g/mol. The molecule has 1 unspecified atom stereocenters. The predicted octanol–water partition coefficient (Wildman–Crippen LogP) is 1.47. The smallest absolute Gasteiger partial charge is 0.279 e. The Morgan fingerprint density at radius 1 is 1.25 bits per heavy atom. The maximum atomic E-state index is 12.5. The minimum atomic E-state index is -3.31. The third kappa shape index (κ3) is 4.16. The molecule has 2 fully saturated rings. The molecular formula is C14H29N3O2S. The van der Waals surface area contributed by atoms with E-state index < -0.39 is 10.2 Å². The van der Waals surface area contributed by atoms with Gasteiger partial charge in [-0.05, 0) is 44.6 Å². The van der Waals surface area contributed by atoms with Crippen LogP contribution in [0.5, 0.6) is 0 Å². The highest BCUT2D eigenvalue weighted by atomic mass is 32.2. The largest absolute Gasteiger partial charge is 0.315 e. The molecule has 0 amide bonds. The molecule has 0 aromatic carbocycles. The van der Waals surface area contributed by atoms with Crippen LogP contribution in [0.2, 0.25) is 0 Å². The van der Waals surface area contributed by atoms with Crippen molar-refractivity contribution in [3.63, 3.8) is 0 Å². The zero-order chi connectivity index (χ0) is 14.6. The number of nitrogens with one attached hydrogen (secondary N) is 2. The molecule has 20 heavy (non-hydrogen) atoms. The van der Waals surface area contributed by atoms with Crippen molar-refractivity contribution in [1.82, 2.24) is 14.3 Å². The van der Waals surface area contributed by atoms with E-state index in [2.05, 4.69) is 23.9 Å². The Kier molecular flexibility index (Phi) is 5.84. The predicted molar refractivity (Wildman–Crippen MR) is 81.7 cm³/mol. The van der Waals surface area contributed by atoms with Gasteiger partial charge >= 0.3 is 0 Å². The molecule has 0 aromatic heterocycles. The molecule has 1 atom stereocenters. The van der Waals surface area contributed by atoms with Gasteiger partial charge < -0.3 is 5.32 Å². The Morgan fingerprint density at radius 3 is 2.65 bits per heavy atom. The molecule has 1 aliphatic heterocycles. The summed E-state index contributed by atoms with van der Waals surface area (Å²) in [7, 11) is -3.31. The van der Waals surface area contributed by atoms with Crippen LogP contribution in [0.3, 0.4) is 0 Å². The highest BCUT2D eigenvalue weighted by molar-refractivity contribution is 7.87. The summed E-state index contributed by atoms with van der Waals surface area (Å²) in [6.07, 6.45) is 6.12. The summed E-state index contributed by atoms with van der Waals surface area (Å²) < 4.78 is 29.6. The Hall–Kier alpha value is -0.170. The monoisotopic (exact) mass is 303 g/mol. The normalized spacial score (nSPS) is 32.0. The average Bonchev–Trinajstić information content (AvgIpc) is 2.37. The Morgan fingerprint density at radius 2 is 2.00 bits per heavy atom. The van der Waals surface area contributed by atoms with E-state index >= 15 is 0 Å². The Bertz CT molecular complexity index is 393. The van der Waals surface area contributed by atoms with E-state index in [9.17, 15) is 8.42 Å². The van der Waals surface area contributed by atoms with E-state index in [0.29, 0.717) is 12.5 Å². The maximum absolute atomic E-state index is 12.5. The van der Waals surface area contributed by atoms with E-state index in [4.69, 9.17) is 0 Å². The van der Waals surface area contributed by atoms with Crippen molar-refractivity contribution in [3.05, 3.63) is 0 Å². The molecule has 2 rings (SSSR count). The van der Waals surface area contributed by atoms with Gasteiger partial charge in [0.2, 0.25) is 0 Å². The lowest BCUT2D eigenvalue weighted by Gasteiger charge is -2.39. The second-order valence-corrected chi connectivity index (χ2v) is 8.02. The molecule has 0 aromatic rings. The van der Waals surface area contributed by atoms with Gasteiger partial charge in [0.15, 0.2) is 0 Å². The molecule has 2 N–H and O–H groups in total. The zero-order valence-electron chi connectivity index (χ0n) is 12.8. The molecule has 1 saturated carbocycles. The molecule has 5 nitrogen and oxygen atoms in total. The summed E-state index contributed by atoms with van der Waals surface area (Å²) in [6.45, 7) is 6.69. The Labute approximate surface area is 123 Å². The van der Waals surface area contributed by atoms with Gasteiger partial charge in [-0.15, -0.1) is 0 Å². The number of piperidine rings is 1. The van der Waals surface area contributed by atoms with Crippen molar-refractivity contribution in [2.75, 3.05) is 19.6 Å². The third-order valence-corrected chi connectivity index (χ3v) is 6.11. The molecule has 6 heteroatoms. The number of hydrogen-bond donors (Lipinski definition) is 2. The van der Waals surface area contributed by atoms with Gasteiger partial charge in [0.1, 0.15) is 0 Å². The van der Waals surface area contributed by atoms with Crippen LogP contribution >= 0.6 is 0 Å². The number of hydrogen-bond acceptors (Lipinski definition) is 3. The minimum Gasteiger partial charge on any atom is -0.315 e. The van der Waals surface area contributed by atoms with Crippen molar-refractivity contribution in [3.8, 4) is 0 Å². The first kappa shape index (κ1) is 16.2. The van der Waals surface area contributed by atoms with Gasteiger partial charge in [-0.2, -0.15) is 17.4 Å². The fourth-order valence-electron chi connectivity index (χ4n) is 3.22. The quantitative estimate of drug-likeness (QED) is 0.700. The average molecular weight is 303 g/mol. The van der Waals surface area contributed by atoms with Crippen LogP contribution in [0, 0.1) is 5.92 Å². The summed E-state index contributed by atoms with van der Waals surface area (Å²) in [6, 6.07) is 0.270. The van der Waals surface area contributed by atoms with E-state index in [0.717, 1.165) is 51.6 Å². The first-order chi connectivity index (χ1) is 9.53. The van der Waals surface area contributed by atoms with Gasteiger partial charge in [-0.1, -0.05) is 20.3 Å². The lowest BCUT2D eigenvalue weighted by Crippen LogP contribution is -2.56. The van der Waals surface area contributed by atoms with Crippen molar-refractivity contribution >= 4 is 10.2 Å². The van der Waals surface area contributed by atoms with Gasteiger partial charge in [0.05, 0.1) is 0 Å². The van der Waals surface area contributed by atoms with Crippen LogP contribution in [0.1, 0.15) is 52.4 Å². The summed E-state index contributed by atoms with van der Waals surface area (Å²) >= 11 is 0. The van der Waals surface area contributed by atoms with Crippen molar-refractivity contribution < 1.29 is 8.42 Å². The van der Waals surface area contributed by atoms with Crippen molar-refractivity contribution in [2.45, 2.75) is 64.5 Å². The van der Waals surface area contributed by atoms with E-state index in [1.165, 1.54) is 0 Å². The fraction of sp³-hybridized carbons (Fsp3) is 1.00. The highest BCUT2D eigenvalue weighted by Gasteiger charge is 2.36. The van der Waals surface area contributed by atoms with Crippen LogP contribution in [0.25, 0.3) is 0 Å². The molecule has 2 aliphatic rings. The molecule has 1 heterocycles. The van der Waals surface area contributed by atoms with E-state index in [-0.39, 0.29) is 12.1 Å². The lowest BCUT2D eigenvalue weighted by molar-refractivity contribution is 0.227. The molecule has 1 saturated heterocycles. The first-order valence-electron chi connectivity index (χ1n) is 8.02. The number of rotatable bonds is 7. The minimum absolute atomic E-state index is 0.116. The molecule has 0 spiro atoms. The molecule has 1 aliphatic carbocycles. The van der Waals surface area contributed by atoms with Crippen LogP contribution in [0.15, 0.2) is 0 Å². The van der Waals surface area contributed by atoms with E-state index in [1.54, 1.807) is 4.31 Å². The van der Waals surface area contributed by atoms with Gasteiger partial charge in [-0.25, -0.2) is 0 Å². The van der Waals surface area contributed by atoms with E-state index in [1.807, 2.05) is 0 Å². The first-order valence-corrected chi connectivity index (χ1v) is 9.46. The van der Waals surface area contributed by atoms with Crippen LogP contribution < -0.4 is 10.0 Å². The second-order valence-electron chi connectivity index (χ2n) is 6.36. The van der Waals surface area contributed by atoms with Gasteiger partial charge in [-0.3, -0.25) is 0 Å². The van der Waals surface area contributed by atoms with Crippen LogP contribution in [-0.4, -0.2) is 44.4 Å². The summed E-state index contributed by atoms with van der Waals surface area (Å²) in [5.41, 5.74) is 0. The SMILES string of the molecule is CCCNCC1CCCCN1S(=O)(=O)NC1CC(C)C1. The highest BCUT2D eigenvalue weighted by Crippen LogP contribution is 2.28. The van der Waals surface area contributed by atoms with Gasteiger partial charge in [0.25, 0.3) is 10.2 Å². The molecule has 118 valence electrons. The third-order valence-electron chi connectivity index (χ3n) is 4.38. The Balaban J connectivity index is 1.91. The topological polar surface area (TPSA) is 61.4 Å². The second kappa shape index (κ2) is 7.20. The van der Waals surface area contributed by atoms with Crippen LogP contribution in [0.4, 0.5) is 0 Å². The molecule has 0 bridgehead atoms. The molecule has 0 radical (unpaired) electrons. The van der Waals surface area contributed by atoms with Gasteiger partial charge in [0, 0.05) is 25.2 Å². The number of nitrogens with zero attached hydrogens (tertiary/aromatic N) is 1. The van der Waals surface area contributed by atoms with Crippen LogP contribution in [-0.2, 0) is 10.2 Å². The summed E-state index contributed by atoms with van der Waals surface area (Å²) in [5, 5.41) is 3.36. The lowest BCUT2D eigenvalue weighted by atomic mass is 9.83. The van der Waals surface area contributed by atoms with Crippen molar-refractivity contribution in [2.24, 2.45) is 5.92 Å². The fourth-order valence-corrected chi connectivity index (χ4v) is 4.91. The van der Waals surface area contributed by atoms with Crippen molar-refractivity contribution in [1.29, 1.82) is 0 Å². The maximum Gasteiger partial charge on any atom is 0.279 e. The zero-order valence-corrected chi connectivity index (χ0v) is 13.6.